The van der Waals surface area contributed by atoms with Gasteiger partial charge in [0.05, 0.1) is 4.90 Å². The molecule has 3 rings (SSSR count). The number of carbonyl (C=O) groups is 1. The number of nitrogens with zero attached hydrogens (tertiary/aromatic N) is 1. The Kier molecular flexibility index (Phi) is 6.41. The first kappa shape index (κ1) is 21.8. The molecular formula is C23H25FN2O3S. The van der Waals surface area contributed by atoms with Crippen molar-refractivity contribution in [2.45, 2.75) is 28.7 Å². The Balaban J connectivity index is 1.74. The highest BCUT2D eigenvalue weighted by molar-refractivity contribution is 7.92. The molecule has 0 spiro atoms. The van der Waals surface area contributed by atoms with Gasteiger partial charge < -0.3 is 10.6 Å². The van der Waals surface area contributed by atoms with E-state index in [0.717, 1.165) is 5.56 Å². The van der Waals surface area contributed by atoms with E-state index in [-0.39, 0.29) is 23.3 Å². The lowest BCUT2D eigenvalue weighted by Gasteiger charge is -2.39. The SMILES string of the molecule is C=CC(C1(F)CCN(C=Cc2ccccc2)CC1)S(=O)(=O)c1ccc(C(N)=O)cc1. The molecule has 5 nitrogen and oxygen atoms in total. The fourth-order valence-electron chi connectivity index (χ4n) is 3.66. The summed E-state index contributed by atoms with van der Waals surface area (Å²) in [5.41, 5.74) is 4.51. The second-order valence-corrected chi connectivity index (χ2v) is 9.46. The third kappa shape index (κ3) is 4.62. The van der Waals surface area contributed by atoms with Crippen molar-refractivity contribution in [3.8, 4) is 0 Å². The molecular weight excluding hydrogens is 403 g/mol. The van der Waals surface area contributed by atoms with E-state index < -0.39 is 26.7 Å². The summed E-state index contributed by atoms with van der Waals surface area (Å²) in [5, 5.41) is -1.37. The fraction of sp³-hybridized carbons (Fsp3) is 0.261. The highest BCUT2D eigenvalue weighted by atomic mass is 32.2. The molecule has 1 heterocycles. The molecule has 1 amide bonds. The minimum absolute atomic E-state index is 0.0548. The van der Waals surface area contributed by atoms with Gasteiger partial charge in [-0.2, -0.15) is 0 Å². The van der Waals surface area contributed by atoms with Gasteiger partial charge in [-0.15, -0.1) is 6.58 Å². The first-order valence-corrected chi connectivity index (χ1v) is 11.2. The van der Waals surface area contributed by atoms with E-state index in [2.05, 4.69) is 6.58 Å². The van der Waals surface area contributed by atoms with Crippen LogP contribution in [0.5, 0.6) is 0 Å². The normalized spacial score (nSPS) is 17.6. The summed E-state index contributed by atoms with van der Waals surface area (Å²) in [6.07, 6.45) is 5.18. The molecule has 1 aliphatic rings. The van der Waals surface area contributed by atoms with E-state index in [1.807, 2.05) is 47.5 Å². The number of hydrogen-bond acceptors (Lipinski definition) is 4. The highest BCUT2D eigenvalue weighted by Gasteiger charge is 2.47. The molecule has 0 aliphatic carbocycles. The summed E-state index contributed by atoms with van der Waals surface area (Å²) in [6.45, 7) is 4.40. The molecule has 7 heteroatoms. The van der Waals surface area contributed by atoms with Gasteiger partial charge in [0.1, 0.15) is 10.9 Å². The summed E-state index contributed by atoms with van der Waals surface area (Å²) in [6, 6.07) is 15.0. The first-order valence-electron chi connectivity index (χ1n) is 9.69. The molecule has 0 bridgehead atoms. The Morgan fingerprint density at radius 3 is 2.23 bits per heavy atom. The Labute approximate surface area is 176 Å². The van der Waals surface area contributed by atoms with Crippen molar-refractivity contribution < 1.29 is 17.6 Å². The van der Waals surface area contributed by atoms with Gasteiger partial charge in [-0.3, -0.25) is 4.79 Å². The van der Waals surface area contributed by atoms with E-state index in [1.54, 1.807) is 0 Å². The van der Waals surface area contributed by atoms with Crippen molar-refractivity contribution in [2.75, 3.05) is 13.1 Å². The largest absolute Gasteiger partial charge is 0.377 e. The predicted molar refractivity (Wildman–Crippen MR) is 116 cm³/mol. The molecule has 30 heavy (non-hydrogen) atoms. The second-order valence-electron chi connectivity index (χ2n) is 7.39. The average molecular weight is 429 g/mol. The quantitative estimate of drug-likeness (QED) is 0.684. The van der Waals surface area contributed by atoms with Crippen molar-refractivity contribution in [3.63, 3.8) is 0 Å². The summed E-state index contributed by atoms with van der Waals surface area (Å²) in [4.78, 5) is 13.1. The molecule has 2 aromatic carbocycles. The van der Waals surface area contributed by atoms with E-state index >= 15 is 4.39 Å². The monoisotopic (exact) mass is 428 g/mol. The minimum atomic E-state index is -4.01. The molecule has 0 aromatic heterocycles. The van der Waals surface area contributed by atoms with Crippen molar-refractivity contribution in [1.82, 2.24) is 4.90 Å². The number of piperidine rings is 1. The van der Waals surface area contributed by atoms with Crippen LogP contribution >= 0.6 is 0 Å². The molecule has 1 aliphatic heterocycles. The van der Waals surface area contributed by atoms with Gasteiger partial charge in [-0.25, -0.2) is 12.8 Å². The van der Waals surface area contributed by atoms with Crippen LogP contribution in [0.25, 0.3) is 6.08 Å². The first-order chi connectivity index (χ1) is 14.3. The smallest absolute Gasteiger partial charge is 0.248 e. The number of likely N-dealkylation sites (tertiary alicyclic amines) is 1. The fourth-order valence-corrected chi connectivity index (χ4v) is 5.51. The van der Waals surface area contributed by atoms with Gasteiger partial charge in [0.2, 0.25) is 5.91 Å². The van der Waals surface area contributed by atoms with Crippen LogP contribution in [0.1, 0.15) is 28.8 Å². The molecule has 0 radical (unpaired) electrons. The van der Waals surface area contributed by atoms with Crippen LogP contribution in [-0.2, 0) is 9.84 Å². The van der Waals surface area contributed by atoms with Crippen molar-refractivity contribution in [2.24, 2.45) is 5.73 Å². The molecule has 1 fully saturated rings. The molecule has 1 unspecified atom stereocenters. The lowest BCUT2D eigenvalue weighted by molar-refractivity contribution is 0.0830. The van der Waals surface area contributed by atoms with Crippen LogP contribution in [-0.4, -0.2) is 43.2 Å². The number of benzene rings is 2. The average Bonchev–Trinajstić information content (AvgIpc) is 2.74. The van der Waals surface area contributed by atoms with Gasteiger partial charge in [0.25, 0.3) is 0 Å². The number of rotatable bonds is 7. The topological polar surface area (TPSA) is 80.5 Å². The van der Waals surface area contributed by atoms with E-state index in [0.29, 0.717) is 13.1 Å². The third-order valence-electron chi connectivity index (χ3n) is 5.43. The minimum Gasteiger partial charge on any atom is -0.377 e. The summed E-state index contributed by atoms with van der Waals surface area (Å²) < 4.78 is 42.0. The number of primary amides is 1. The maximum absolute atomic E-state index is 15.8. The van der Waals surface area contributed by atoms with Crippen LogP contribution in [0.2, 0.25) is 0 Å². The molecule has 1 saturated heterocycles. The number of amides is 1. The van der Waals surface area contributed by atoms with E-state index in [9.17, 15) is 13.2 Å². The Morgan fingerprint density at radius 1 is 1.10 bits per heavy atom. The lowest BCUT2D eigenvalue weighted by Crippen LogP contribution is -2.49. The zero-order valence-corrected chi connectivity index (χ0v) is 17.4. The zero-order chi connectivity index (χ0) is 21.8. The Morgan fingerprint density at radius 2 is 1.70 bits per heavy atom. The van der Waals surface area contributed by atoms with Crippen molar-refractivity contribution in [1.29, 1.82) is 0 Å². The number of sulfone groups is 1. The van der Waals surface area contributed by atoms with Gasteiger partial charge in [-0.05, 0) is 42.1 Å². The molecule has 2 N–H and O–H groups in total. The predicted octanol–water partition coefficient (Wildman–Crippen LogP) is 3.59. The molecule has 158 valence electrons. The Hall–Kier alpha value is -2.93. The van der Waals surface area contributed by atoms with Gasteiger partial charge in [-0.1, -0.05) is 36.4 Å². The number of hydrogen-bond donors (Lipinski definition) is 1. The zero-order valence-electron chi connectivity index (χ0n) is 16.6. The second kappa shape index (κ2) is 8.83. The molecule has 2 aromatic rings. The number of halogens is 1. The van der Waals surface area contributed by atoms with Gasteiger partial charge >= 0.3 is 0 Å². The van der Waals surface area contributed by atoms with E-state index in [4.69, 9.17) is 5.73 Å². The summed E-state index contributed by atoms with van der Waals surface area (Å²) in [7, 11) is -4.01. The van der Waals surface area contributed by atoms with Crippen LogP contribution in [0.3, 0.4) is 0 Å². The maximum Gasteiger partial charge on any atom is 0.248 e. The number of carbonyl (C=O) groups excluding carboxylic acids is 1. The number of alkyl halides is 1. The molecule has 0 saturated carbocycles. The van der Waals surface area contributed by atoms with Gasteiger partial charge in [0, 0.05) is 31.5 Å². The van der Waals surface area contributed by atoms with Crippen molar-refractivity contribution >= 4 is 21.8 Å². The summed E-state index contributed by atoms with van der Waals surface area (Å²) >= 11 is 0. The number of nitrogens with two attached hydrogens (primary N) is 1. The van der Waals surface area contributed by atoms with Crippen LogP contribution in [0.4, 0.5) is 4.39 Å². The Bertz CT molecular complexity index is 1030. The van der Waals surface area contributed by atoms with Crippen molar-refractivity contribution in [3.05, 3.63) is 84.6 Å². The van der Waals surface area contributed by atoms with Crippen LogP contribution < -0.4 is 5.73 Å². The van der Waals surface area contributed by atoms with Crippen LogP contribution in [0, 0.1) is 0 Å². The maximum atomic E-state index is 15.8. The van der Waals surface area contributed by atoms with Gasteiger partial charge in [0.15, 0.2) is 9.84 Å². The third-order valence-corrected chi connectivity index (χ3v) is 7.64. The summed E-state index contributed by atoms with van der Waals surface area (Å²) in [5.74, 6) is -0.655. The lowest BCUT2D eigenvalue weighted by atomic mass is 9.89. The van der Waals surface area contributed by atoms with Crippen LogP contribution in [0.15, 0.2) is 78.3 Å². The van der Waals surface area contributed by atoms with E-state index in [1.165, 1.54) is 30.3 Å². The highest BCUT2D eigenvalue weighted by Crippen LogP contribution is 2.37. The molecule has 1 atom stereocenters. The standard InChI is InChI=1S/C23H25FN2O3S/c1-2-21(30(28,29)20-10-8-19(9-11-20)22(25)27)23(24)13-16-26(17-14-23)15-12-18-6-4-3-5-7-18/h2-12,15,21H,1,13-14,16-17H2,(H2,25,27).